The second kappa shape index (κ2) is 6.72. The maximum absolute atomic E-state index is 13.5. The molecule has 0 radical (unpaired) electrons. The molecule has 25 heavy (non-hydrogen) atoms. The van der Waals surface area contributed by atoms with Gasteiger partial charge in [0.25, 0.3) is 0 Å². The number of anilines is 1. The van der Waals surface area contributed by atoms with Gasteiger partial charge < -0.3 is 14.8 Å². The highest BCUT2D eigenvalue weighted by Crippen LogP contribution is 2.37. The summed E-state index contributed by atoms with van der Waals surface area (Å²) in [4.78, 5) is 23.8. The van der Waals surface area contributed by atoms with Crippen LogP contribution in [0.2, 0.25) is 0 Å². The lowest BCUT2D eigenvalue weighted by Crippen LogP contribution is -2.11. The van der Waals surface area contributed by atoms with Gasteiger partial charge >= 0.3 is 0 Å². The van der Waals surface area contributed by atoms with E-state index < -0.39 is 17.5 Å². The molecular weight excluding hydrogens is 332 g/mol. The summed E-state index contributed by atoms with van der Waals surface area (Å²) in [6, 6.07) is 6.35. The summed E-state index contributed by atoms with van der Waals surface area (Å²) in [5.74, 6) is -1.69. The van der Waals surface area contributed by atoms with Crippen molar-refractivity contribution in [2.24, 2.45) is 0 Å². The lowest BCUT2D eigenvalue weighted by molar-refractivity contribution is -0.111. The van der Waals surface area contributed by atoms with Crippen molar-refractivity contribution in [1.82, 2.24) is 0 Å². The Balaban J connectivity index is 1.84. The molecule has 0 aliphatic carbocycles. The molecule has 0 unspecified atom stereocenters. The molecule has 0 aromatic heterocycles. The van der Waals surface area contributed by atoms with Crippen molar-refractivity contribution in [3.05, 3.63) is 59.2 Å². The third-order valence-corrected chi connectivity index (χ3v) is 3.55. The minimum atomic E-state index is -0.781. The number of hydrogen-bond acceptors (Lipinski definition) is 4. The van der Waals surface area contributed by atoms with Crippen molar-refractivity contribution >= 4 is 23.5 Å². The maximum atomic E-state index is 13.5. The van der Waals surface area contributed by atoms with Gasteiger partial charge in [0.1, 0.15) is 11.6 Å². The van der Waals surface area contributed by atoms with Gasteiger partial charge in [0.2, 0.25) is 12.7 Å². The molecule has 1 N–H and O–H groups in total. The van der Waals surface area contributed by atoms with E-state index in [0.717, 1.165) is 24.3 Å². The van der Waals surface area contributed by atoms with Gasteiger partial charge in [0.05, 0.1) is 5.69 Å². The summed E-state index contributed by atoms with van der Waals surface area (Å²) in [6.07, 6.45) is 2.01. The fraction of sp³-hybridized carbons (Fsp3) is 0.111. The monoisotopic (exact) mass is 345 g/mol. The lowest BCUT2D eigenvalue weighted by atomic mass is 10.1. The Morgan fingerprint density at radius 2 is 1.76 bits per heavy atom. The highest BCUT2D eigenvalue weighted by Gasteiger charge is 2.20. The Labute approximate surface area is 141 Å². The minimum absolute atomic E-state index is 0.0243. The molecule has 5 nitrogen and oxygen atoms in total. The zero-order valence-electron chi connectivity index (χ0n) is 13.1. The van der Waals surface area contributed by atoms with Crippen LogP contribution in [0.15, 0.2) is 36.4 Å². The number of fused-ring (bicyclic) bond motifs is 1. The fourth-order valence-corrected chi connectivity index (χ4v) is 2.34. The molecule has 1 amide bonds. The second-order valence-corrected chi connectivity index (χ2v) is 5.27. The van der Waals surface area contributed by atoms with E-state index in [4.69, 9.17) is 9.47 Å². The number of benzene rings is 2. The van der Waals surface area contributed by atoms with E-state index in [0.29, 0.717) is 11.5 Å². The Bertz CT molecular complexity index is 873. The topological polar surface area (TPSA) is 64.6 Å². The molecule has 0 bridgehead atoms. The first-order valence-electron chi connectivity index (χ1n) is 7.33. The van der Waals surface area contributed by atoms with Crippen LogP contribution in [-0.4, -0.2) is 18.5 Å². The Morgan fingerprint density at radius 3 is 2.40 bits per heavy atom. The third-order valence-electron chi connectivity index (χ3n) is 3.55. The smallest absolute Gasteiger partial charge is 0.248 e. The molecule has 1 aliphatic heterocycles. The van der Waals surface area contributed by atoms with Gasteiger partial charge in [-0.3, -0.25) is 9.59 Å². The number of nitrogens with one attached hydrogen (secondary N) is 1. The van der Waals surface area contributed by atoms with Crippen molar-refractivity contribution < 1.29 is 27.8 Å². The molecule has 0 saturated carbocycles. The second-order valence-electron chi connectivity index (χ2n) is 5.27. The van der Waals surface area contributed by atoms with E-state index in [9.17, 15) is 18.4 Å². The van der Waals surface area contributed by atoms with Crippen molar-refractivity contribution in [2.45, 2.75) is 6.92 Å². The number of rotatable bonds is 4. The Hall–Kier alpha value is -3.22. The van der Waals surface area contributed by atoms with Gasteiger partial charge in [0.15, 0.2) is 17.3 Å². The predicted octanol–water partition coefficient (Wildman–Crippen LogP) is 3.55. The summed E-state index contributed by atoms with van der Waals surface area (Å²) >= 11 is 0. The summed E-state index contributed by atoms with van der Waals surface area (Å²) in [5.41, 5.74) is 0.138. The van der Waals surface area contributed by atoms with Crippen LogP contribution in [0.4, 0.5) is 14.5 Å². The highest BCUT2D eigenvalue weighted by atomic mass is 19.1. The molecule has 0 saturated heterocycles. The number of carbonyl (C=O) groups is 2. The van der Waals surface area contributed by atoms with Crippen molar-refractivity contribution in [3.8, 4) is 11.5 Å². The molecule has 0 atom stereocenters. The van der Waals surface area contributed by atoms with E-state index in [1.54, 1.807) is 0 Å². The largest absolute Gasteiger partial charge is 0.454 e. The molecule has 1 heterocycles. The Morgan fingerprint density at radius 1 is 1.12 bits per heavy atom. The molecule has 1 aliphatic rings. The van der Waals surface area contributed by atoms with E-state index in [2.05, 4.69) is 5.32 Å². The van der Waals surface area contributed by atoms with Gasteiger partial charge in [-0.1, -0.05) is 6.07 Å². The summed E-state index contributed by atoms with van der Waals surface area (Å²) < 4.78 is 37.5. The quantitative estimate of drug-likeness (QED) is 0.680. The standard InChI is InChI=1S/C18H13F2NO4/c1-10(22)12-7-16-17(25-9-24-16)8-15(12)21-18(23)6-5-11-13(19)3-2-4-14(11)20/h2-8H,9H2,1H3,(H,21,23)/b6-5+. The summed E-state index contributed by atoms with van der Waals surface area (Å²) in [6.45, 7) is 1.37. The van der Waals surface area contributed by atoms with Crippen LogP contribution >= 0.6 is 0 Å². The number of ketones is 1. The van der Waals surface area contributed by atoms with Gasteiger partial charge in [-0.05, 0) is 31.2 Å². The highest BCUT2D eigenvalue weighted by molar-refractivity contribution is 6.08. The van der Waals surface area contributed by atoms with Gasteiger partial charge in [-0.15, -0.1) is 0 Å². The number of ether oxygens (including phenoxy) is 2. The lowest BCUT2D eigenvalue weighted by Gasteiger charge is -2.09. The molecule has 2 aromatic carbocycles. The minimum Gasteiger partial charge on any atom is -0.454 e. The average Bonchev–Trinajstić information content (AvgIpc) is 3.00. The zero-order valence-corrected chi connectivity index (χ0v) is 13.1. The van der Waals surface area contributed by atoms with Gasteiger partial charge in [-0.2, -0.15) is 0 Å². The van der Waals surface area contributed by atoms with Crippen molar-refractivity contribution in [1.29, 1.82) is 0 Å². The SMILES string of the molecule is CC(=O)c1cc2c(cc1NC(=O)/C=C/c1c(F)cccc1F)OCO2. The van der Waals surface area contributed by atoms with Crippen molar-refractivity contribution in [2.75, 3.05) is 12.1 Å². The average molecular weight is 345 g/mol. The molecular formula is C18H13F2NO4. The first-order chi connectivity index (χ1) is 12.0. The van der Waals surface area contributed by atoms with Crippen LogP contribution in [-0.2, 0) is 4.79 Å². The first kappa shape index (κ1) is 16.6. The maximum Gasteiger partial charge on any atom is 0.248 e. The molecule has 128 valence electrons. The molecule has 0 fully saturated rings. The normalized spacial score (nSPS) is 12.4. The summed E-state index contributed by atoms with van der Waals surface area (Å²) in [5, 5.41) is 2.50. The first-order valence-corrected chi connectivity index (χ1v) is 7.33. The van der Waals surface area contributed by atoms with Crippen LogP contribution in [0.1, 0.15) is 22.8 Å². The van der Waals surface area contributed by atoms with E-state index in [1.165, 1.54) is 25.1 Å². The van der Waals surface area contributed by atoms with E-state index in [-0.39, 0.29) is 29.4 Å². The summed E-state index contributed by atoms with van der Waals surface area (Å²) in [7, 11) is 0. The number of amides is 1. The van der Waals surface area contributed by atoms with Crippen LogP contribution in [0.5, 0.6) is 11.5 Å². The molecule has 3 rings (SSSR count). The third kappa shape index (κ3) is 3.50. The molecule has 7 heteroatoms. The number of carbonyl (C=O) groups excluding carboxylic acids is 2. The van der Waals surface area contributed by atoms with Crippen LogP contribution in [0.25, 0.3) is 6.08 Å². The predicted molar refractivity (Wildman–Crippen MR) is 86.6 cm³/mol. The molecule has 2 aromatic rings. The van der Waals surface area contributed by atoms with Crippen molar-refractivity contribution in [3.63, 3.8) is 0 Å². The molecule has 0 spiro atoms. The van der Waals surface area contributed by atoms with Gasteiger partial charge in [-0.25, -0.2) is 8.78 Å². The number of hydrogen-bond donors (Lipinski definition) is 1. The van der Waals surface area contributed by atoms with Crippen LogP contribution in [0.3, 0.4) is 0 Å². The van der Waals surface area contributed by atoms with E-state index >= 15 is 0 Å². The fourth-order valence-electron chi connectivity index (χ4n) is 2.34. The van der Waals surface area contributed by atoms with Gasteiger partial charge in [0, 0.05) is 23.3 Å². The number of Topliss-reactive ketones (excluding diaryl/α,β-unsaturated/α-hetero) is 1. The van der Waals surface area contributed by atoms with Crippen LogP contribution < -0.4 is 14.8 Å². The zero-order chi connectivity index (χ0) is 18.0. The number of halogens is 2. The Kier molecular flexibility index (Phi) is 4.47. The van der Waals surface area contributed by atoms with Crippen LogP contribution in [0, 0.1) is 11.6 Å². The van der Waals surface area contributed by atoms with E-state index in [1.807, 2.05) is 0 Å².